The zero-order valence-corrected chi connectivity index (χ0v) is 12.4. The van der Waals surface area contributed by atoms with Crippen LogP contribution < -0.4 is 5.32 Å². The third-order valence-corrected chi connectivity index (χ3v) is 5.13. The Labute approximate surface area is 120 Å². The van der Waals surface area contributed by atoms with Crippen LogP contribution in [0.15, 0.2) is 0 Å². The van der Waals surface area contributed by atoms with Crippen LogP contribution in [0.2, 0.25) is 0 Å². The Morgan fingerprint density at radius 2 is 1.90 bits per heavy atom. The summed E-state index contributed by atoms with van der Waals surface area (Å²) >= 11 is 0. The van der Waals surface area contributed by atoms with Gasteiger partial charge in [-0.05, 0) is 43.9 Å². The van der Waals surface area contributed by atoms with E-state index < -0.39 is 5.54 Å². The lowest BCUT2D eigenvalue weighted by Crippen LogP contribution is -2.67. The van der Waals surface area contributed by atoms with E-state index in [1.165, 1.54) is 0 Å². The van der Waals surface area contributed by atoms with Crippen molar-refractivity contribution < 1.29 is 14.3 Å². The highest BCUT2D eigenvalue weighted by Gasteiger charge is 2.53. The van der Waals surface area contributed by atoms with Gasteiger partial charge in [0.15, 0.2) is 0 Å². The van der Waals surface area contributed by atoms with E-state index in [0.717, 1.165) is 38.9 Å². The largest absolute Gasteiger partial charge is 0.381 e. The second kappa shape index (κ2) is 4.72. The van der Waals surface area contributed by atoms with E-state index in [0.29, 0.717) is 12.5 Å². The van der Waals surface area contributed by atoms with Crippen molar-refractivity contribution in [3.63, 3.8) is 0 Å². The molecule has 1 aliphatic carbocycles. The predicted octanol–water partition coefficient (Wildman–Crippen LogP) is 0.930. The fourth-order valence-electron chi connectivity index (χ4n) is 3.50. The normalized spacial score (nSPS) is 34.0. The lowest BCUT2D eigenvalue weighted by molar-refractivity contribution is -0.152. The minimum Gasteiger partial charge on any atom is -0.381 e. The summed E-state index contributed by atoms with van der Waals surface area (Å²) in [6, 6.07) is 0. The van der Waals surface area contributed by atoms with Gasteiger partial charge in [-0.1, -0.05) is 6.92 Å². The third-order valence-electron chi connectivity index (χ3n) is 5.13. The number of amides is 2. The Bertz CT molecular complexity index is 427. The minimum absolute atomic E-state index is 0.0188. The van der Waals surface area contributed by atoms with Gasteiger partial charge in [-0.3, -0.25) is 9.59 Å². The number of hydrogen-bond donors (Lipinski definition) is 1. The maximum absolute atomic E-state index is 12.8. The summed E-state index contributed by atoms with van der Waals surface area (Å²) in [7, 11) is 0. The fourth-order valence-corrected chi connectivity index (χ4v) is 3.50. The number of carbonyl (C=O) groups is 2. The quantitative estimate of drug-likeness (QED) is 0.836. The first-order chi connectivity index (χ1) is 9.43. The molecule has 5 heteroatoms. The summed E-state index contributed by atoms with van der Waals surface area (Å²) in [4.78, 5) is 26.5. The monoisotopic (exact) mass is 280 g/mol. The molecule has 1 atom stereocenters. The number of ether oxygens (including phenoxy) is 1. The molecule has 20 heavy (non-hydrogen) atoms. The van der Waals surface area contributed by atoms with E-state index in [4.69, 9.17) is 4.74 Å². The summed E-state index contributed by atoms with van der Waals surface area (Å²) in [6.07, 6.45) is 4.00. The first kappa shape index (κ1) is 13.9. The summed E-state index contributed by atoms with van der Waals surface area (Å²) in [5.41, 5.74) is -0.590. The van der Waals surface area contributed by atoms with Crippen molar-refractivity contribution in [1.29, 1.82) is 0 Å². The van der Waals surface area contributed by atoms with E-state index in [-0.39, 0.29) is 23.8 Å². The van der Waals surface area contributed by atoms with Crippen LogP contribution >= 0.6 is 0 Å². The molecule has 3 fully saturated rings. The molecule has 0 aromatic rings. The number of rotatable bonds is 3. The summed E-state index contributed by atoms with van der Waals surface area (Å²) < 4.78 is 5.41. The van der Waals surface area contributed by atoms with Gasteiger partial charge in [0.2, 0.25) is 11.8 Å². The van der Waals surface area contributed by atoms with Crippen LogP contribution in [0, 0.1) is 11.3 Å². The van der Waals surface area contributed by atoms with Gasteiger partial charge in [-0.25, -0.2) is 0 Å². The first-order valence-corrected chi connectivity index (χ1v) is 7.61. The zero-order valence-electron chi connectivity index (χ0n) is 12.4. The Morgan fingerprint density at radius 1 is 1.25 bits per heavy atom. The van der Waals surface area contributed by atoms with Gasteiger partial charge < -0.3 is 15.0 Å². The lowest BCUT2D eigenvalue weighted by atomic mass is 9.81. The molecule has 3 rings (SSSR count). The average Bonchev–Trinajstić information content (AvgIpc) is 3.20. The lowest BCUT2D eigenvalue weighted by Gasteiger charge is -2.44. The second-order valence-corrected chi connectivity index (χ2v) is 7.11. The number of nitrogens with one attached hydrogen (secondary N) is 1. The Kier molecular flexibility index (Phi) is 3.27. The van der Waals surface area contributed by atoms with E-state index in [1.54, 1.807) is 4.90 Å². The molecule has 0 aromatic heterocycles. The number of nitrogens with zero attached hydrogens (tertiary/aromatic N) is 1. The Hall–Kier alpha value is -1.10. The van der Waals surface area contributed by atoms with Gasteiger partial charge in [0.25, 0.3) is 0 Å². The molecular formula is C15H24N2O3. The molecular weight excluding hydrogens is 256 g/mol. The smallest absolute Gasteiger partial charge is 0.248 e. The topological polar surface area (TPSA) is 58.6 Å². The van der Waals surface area contributed by atoms with Crippen molar-refractivity contribution in [2.24, 2.45) is 11.3 Å². The van der Waals surface area contributed by atoms with Crippen LogP contribution in [0.4, 0.5) is 0 Å². The van der Waals surface area contributed by atoms with Crippen molar-refractivity contribution in [3.05, 3.63) is 0 Å². The molecule has 2 saturated heterocycles. The molecule has 0 spiro atoms. The second-order valence-electron chi connectivity index (χ2n) is 7.11. The molecule has 3 aliphatic rings. The molecule has 1 saturated carbocycles. The standard InChI is InChI=1S/C15H24N2O3/c1-14(5-7-20-8-6-14)10-17-9-12(18)16-15(2,13(17)19)11-3-4-11/h11H,3-10H2,1-2H3,(H,16,18). The minimum atomic E-state index is -0.670. The molecule has 0 radical (unpaired) electrons. The number of carbonyl (C=O) groups excluding carboxylic acids is 2. The molecule has 2 amide bonds. The summed E-state index contributed by atoms with van der Waals surface area (Å²) in [6.45, 7) is 6.48. The SMILES string of the molecule is CC1(CN2CC(=O)NC(C)(C3CC3)C2=O)CCOCC1. The van der Waals surface area contributed by atoms with Crippen molar-refractivity contribution >= 4 is 11.8 Å². The van der Waals surface area contributed by atoms with Crippen molar-refractivity contribution in [2.75, 3.05) is 26.3 Å². The van der Waals surface area contributed by atoms with E-state index >= 15 is 0 Å². The summed E-state index contributed by atoms with van der Waals surface area (Å²) in [5, 5.41) is 2.93. The van der Waals surface area contributed by atoms with E-state index in [1.807, 2.05) is 6.92 Å². The van der Waals surface area contributed by atoms with E-state index in [9.17, 15) is 9.59 Å². The molecule has 1 N–H and O–H groups in total. The highest BCUT2D eigenvalue weighted by molar-refractivity contribution is 5.98. The highest BCUT2D eigenvalue weighted by Crippen LogP contribution is 2.42. The van der Waals surface area contributed by atoms with Crippen LogP contribution in [0.5, 0.6) is 0 Å². The molecule has 5 nitrogen and oxygen atoms in total. The van der Waals surface area contributed by atoms with Crippen LogP contribution in [0.3, 0.4) is 0 Å². The molecule has 0 bridgehead atoms. The van der Waals surface area contributed by atoms with Crippen molar-refractivity contribution in [2.45, 2.75) is 45.1 Å². The molecule has 1 unspecified atom stereocenters. The van der Waals surface area contributed by atoms with Gasteiger partial charge in [0, 0.05) is 19.8 Å². The van der Waals surface area contributed by atoms with Gasteiger partial charge in [0.05, 0.1) is 6.54 Å². The Morgan fingerprint density at radius 3 is 2.50 bits per heavy atom. The van der Waals surface area contributed by atoms with Gasteiger partial charge in [0.1, 0.15) is 5.54 Å². The van der Waals surface area contributed by atoms with Crippen LogP contribution in [0.25, 0.3) is 0 Å². The van der Waals surface area contributed by atoms with E-state index in [2.05, 4.69) is 12.2 Å². The predicted molar refractivity (Wildman–Crippen MR) is 74.0 cm³/mol. The maximum atomic E-state index is 12.8. The maximum Gasteiger partial charge on any atom is 0.248 e. The highest BCUT2D eigenvalue weighted by atomic mass is 16.5. The fraction of sp³-hybridized carbons (Fsp3) is 0.867. The van der Waals surface area contributed by atoms with Gasteiger partial charge >= 0.3 is 0 Å². The zero-order chi connectivity index (χ0) is 14.4. The first-order valence-electron chi connectivity index (χ1n) is 7.61. The van der Waals surface area contributed by atoms with Crippen LogP contribution in [-0.4, -0.2) is 48.6 Å². The summed E-state index contributed by atoms with van der Waals surface area (Å²) in [5.74, 6) is 0.409. The molecule has 2 aliphatic heterocycles. The average molecular weight is 280 g/mol. The van der Waals surface area contributed by atoms with Gasteiger partial charge in [-0.2, -0.15) is 0 Å². The van der Waals surface area contributed by atoms with Crippen LogP contribution in [-0.2, 0) is 14.3 Å². The van der Waals surface area contributed by atoms with Crippen LogP contribution in [0.1, 0.15) is 39.5 Å². The number of piperazine rings is 1. The molecule has 112 valence electrons. The van der Waals surface area contributed by atoms with Crippen molar-refractivity contribution in [1.82, 2.24) is 10.2 Å². The number of hydrogen-bond acceptors (Lipinski definition) is 3. The third kappa shape index (κ3) is 2.43. The van der Waals surface area contributed by atoms with Gasteiger partial charge in [-0.15, -0.1) is 0 Å². The Balaban J connectivity index is 1.74. The molecule has 0 aromatic carbocycles. The molecule has 2 heterocycles. The van der Waals surface area contributed by atoms with Crippen molar-refractivity contribution in [3.8, 4) is 0 Å².